The number of aryl methyl sites for hydroxylation is 3. The summed E-state index contributed by atoms with van der Waals surface area (Å²) in [6.07, 6.45) is -2.09. The van der Waals surface area contributed by atoms with E-state index in [1.54, 1.807) is 49.4 Å². The van der Waals surface area contributed by atoms with Crippen LogP contribution in [0.4, 0.5) is 38.5 Å². The first-order valence-corrected chi connectivity index (χ1v) is 39.5. The van der Waals surface area contributed by atoms with E-state index in [0.717, 1.165) is 41.0 Å². The SMILES string of the molecule is Cc1ccc(NC(=O)N[C@@H](Cc2cc(F)cc(F)c2)C(=O)N[C@@H]2C(=O)N3CCC[C@H]3C(=O)N3CC(C[C@H]4C[C@H]5C(=O)OC[C@H](NC(=O)[C@H](Cc6cc(F)cc(F)c6)NC(=O)Nc6ccc(C)c(C)c6)C(=O)N6CCC[C@H]6C(=O)N6CCCC[C@H]6C(=O)N[C@@H](C)C(=O)N5C4)OC[C@H]3C(=O)N[C@@H](C)C(=O)N3C[C@H](C)C[C@H]3C(=O)O[C@H]2C)cc1. The Kier molecular flexibility index (Phi) is 26.3. The topological polar surface area (TPSA) is 382 Å². The first-order chi connectivity index (χ1) is 55.2. The van der Waals surface area contributed by atoms with Crippen molar-refractivity contribution in [2.45, 2.75) is 210 Å². The normalized spacial score (nSPS) is 27.7. The second-order valence-electron chi connectivity index (χ2n) is 31.8. The number of ether oxygens (including phenoxy) is 3. The lowest BCUT2D eigenvalue weighted by atomic mass is 9.96. The highest BCUT2D eigenvalue weighted by molar-refractivity contribution is 6.01. The molecular formula is C81H98F4N14O17. The van der Waals surface area contributed by atoms with E-state index in [0.29, 0.717) is 42.8 Å². The van der Waals surface area contributed by atoms with E-state index in [1.807, 2.05) is 20.8 Å². The average molecular weight is 1620 g/mol. The van der Waals surface area contributed by atoms with Crippen LogP contribution in [0.5, 0.6) is 0 Å². The fourth-order valence-corrected chi connectivity index (χ4v) is 16.9. The minimum atomic E-state index is -1.87. The molecule has 0 saturated carbocycles. The van der Waals surface area contributed by atoms with Gasteiger partial charge in [0.05, 0.1) is 12.7 Å². The van der Waals surface area contributed by atoms with Crippen LogP contribution in [0.1, 0.15) is 120 Å². The molecule has 0 spiro atoms. The Morgan fingerprint density at radius 1 is 0.483 bits per heavy atom. The number of carbonyl (C=O) groups is 14. The highest BCUT2D eigenvalue weighted by atomic mass is 19.1. The number of rotatable bonds is 14. The highest BCUT2D eigenvalue weighted by Crippen LogP contribution is 2.35. The van der Waals surface area contributed by atoms with Crippen molar-refractivity contribution in [1.29, 1.82) is 0 Å². The summed E-state index contributed by atoms with van der Waals surface area (Å²) in [5, 5.41) is 21.0. The van der Waals surface area contributed by atoms with Crippen LogP contribution in [-0.2, 0) is 84.6 Å². The van der Waals surface area contributed by atoms with Crippen LogP contribution in [-0.4, -0.2) is 250 Å². The van der Waals surface area contributed by atoms with Gasteiger partial charge in [0.25, 0.3) is 0 Å². The lowest BCUT2D eigenvalue weighted by Gasteiger charge is -2.42. The zero-order valence-corrected chi connectivity index (χ0v) is 65.5. The molecular weight excluding hydrogens is 1520 g/mol. The van der Waals surface area contributed by atoms with Crippen molar-refractivity contribution in [3.05, 3.63) is 130 Å². The molecule has 8 fully saturated rings. The van der Waals surface area contributed by atoms with E-state index < -0.39 is 230 Å². The Morgan fingerprint density at radius 3 is 1.58 bits per heavy atom. The Labute approximate surface area is 667 Å². The second-order valence-corrected chi connectivity index (χ2v) is 31.8. The van der Waals surface area contributed by atoms with Gasteiger partial charge < -0.3 is 86.1 Å². The first kappa shape index (κ1) is 84.1. The van der Waals surface area contributed by atoms with Crippen LogP contribution in [0.2, 0.25) is 0 Å². The van der Waals surface area contributed by atoms with E-state index in [-0.39, 0.29) is 94.7 Å². The van der Waals surface area contributed by atoms with Gasteiger partial charge in [-0.05, 0) is 188 Å². The number of benzene rings is 4. The maximum atomic E-state index is 15.7. The molecule has 8 heterocycles. The third-order valence-electron chi connectivity index (χ3n) is 23.0. The Bertz CT molecular complexity index is 4460. The summed E-state index contributed by atoms with van der Waals surface area (Å²) < 4.78 is 77.8. The van der Waals surface area contributed by atoms with Gasteiger partial charge in [-0.1, -0.05) is 30.7 Å². The molecule has 0 radical (unpaired) electrons. The Balaban J connectivity index is 0.827. The van der Waals surface area contributed by atoms with Gasteiger partial charge in [0.15, 0.2) is 0 Å². The third-order valence-corrected chi connectivity index (χ3v) is 23.0. The fraction of sp³-hybridized carbons (Fsp3) is 0.531. The van der Waals surface area contributed by atoms with Crippen molar-refractivity contribution >= 4 is 94.4 Å². The maximum Gasteiger partial charge on any atom is 0.329 e. The smallest absolute Gasteiger partial charge is 0.329 e. The predicted molar refractivity (Wildman–Crippen MR) is 406 cm³/mol. The molecule has 4 aromatic rings. The fourth-order valence-electron chi connectivity index (χ4n) is 16.9. The molecule has 8 N–H and O–H groups in total. The monoisotopic (exact) mass is 1610 g/mol. The molecule has 35 heteroatoms. The van der Waals surface area contributed by atoms with E-state index >= 15 is 24.0 Å². The largest absolute Gasteiger partial charge is 0.461 e. The molecule has 0 aromatic heterocycles. The van der Waals surface area contributed by atoms with Crippen molar-refractivity contribution in [3.63, 3.8) is 0 Å². The zero-order valence-electron chi connectivity index (χ0n) is 65.5. The number of piperidine rings is 1. The van der Waals surface area contributed by atoms with Gasteiger partial charge in [-0.2, -0.15) is 0 Å². The molecule has 8 saturated heterocycles. The molecule has 116 heavy (non-hydrogen) atoms. The molecule has 12 rings (SSSR count). The quantitative estimate of drug-likeness (QED) is 0.0660. The van der Waals surface area contributed by atoms with Gasteiger partial charge in [0, 0.05) is 75.6 Å². The van der Waals surface area contributed by atoms with Crippen LogP contribution >= 0.6 is 0 Å². The Morgan fingerprint density at radius 2 is 0.983 bits per heavy atom. The van der Waals surface area contributed by atoms with Gasteiger partial charge in [0.2, 0.25) is 59.1 Å². The number of anilines is 2. The van der Waals surface area contributed by atoms with Crippen molar-refractivity contribution in [3.8, 4) is 0 Å². The van der Waals surface area contributed by atoms with Gasteiger partial charge in [-0.3, -0.25) is 47.9 Å². The number of carbonyl (C=O) groups excluding carboxylic acids is 14. The van der Waals surface area contributed by atoms with E-state index in [2.05, 4.69) is 42.5 Å². The molecule has 1 unspecified atom stereocenters. The number of morpholine rings is 1. The van der Waals surface area contributed by atoms with Crippen LogP contribution in [0, 0.1) is 55.9 Å². The molecule has 4 aromatic carbocycles. The second kappa shape index (κ2) is 36.3. The average Bonchev–Trinajstić information content (AvgIpc) is 1.55. The number of amides is 14. The number of urea groups is 2. The van der Waals surface area contributed by atoms with Crippen LogP contribution in [0.25, 0.3) is 0 Å². The number of hydrogen-bond donors (Lipinski definition) is 8. The Hall–Kier alpha value is -11.3. The summed E-state index contributed by atoms with van der Waals surface area (Å²) >= 11 is 0. The summed E-state index contributed by atoms with van der Waals surface area (Å²) in [4.78, 5) is 215. The lowest BCUT2D eigenvalue weighted by Crippen LogP contribution is -2.65. The zero-order chi connectivity index (χ0) is 83.2. The number of hydrogen-bond acceptors (Lipinski definition) is 17. The van der Waals surface area contributed by atoms with Gasteiger partial charge in [-0.15, -0.1) is 0 Å². The minimum absolute atomic E-state index is 0.0187. The van der Waals surface area contributed by atoms with E-state index in [4.69, 9.17) is 14.2 Å². The number of fused-ring (bicyclic) bond motifs is 6. The number of halogens is 4. The van der Waals surface area contributed by atoms with Gasteiger partial charge >= 0.3 is 24.0 Å². The molecule has 31 nitrogen and oxygen atoms in total. The molecule has 8 aliphatic rings. The molecule has 8 aliphatic heterocycles. The molecule has 0 aliphatic carbocycles. The lowest BCUT2D eigenvalue weighted by molar-refractivity contribution is -0.165. The van der Waals surface area contributed by atoms with Crippen LogP contribution in [0.3, 0.4) is 0 Å². The summed E-state index contributed by atoms with van der Waals surface area (Å²) in [5.41, 5.74) is 3.06. The summed E-state index contributed by atoms with van der Waals surface area (Å²) in [7, 11) is 0. The number of cyclic esters (lactones) is 2. The van der Waals surface area contributed by atoms with Crippen LogP contribution in [0.15, 0.2) is 78.9 Å². The van der Waals surface area contributed by atoms with E-state index in [9.17, 15) is 60.7 Å². The van der Waals surface area contributed by atoms with Gasteiger partial charge in [0.1, 0.15) is 108 Å². The maximum absolute atomic E-state index is 15.7. The minimum Gasteiger partial charge on any atom is -0.461 e. The summed E-state index contributed by atoms with van der Waals surface area (Å²) in [6.45, 7) is 9.29. The van der Waals surface area contributed by atoms with Crippen molar-refractivity contribution in [2.75, 3.05) is 63.1 Å². The number of nitrogens with one attached hydrogen (secondary N) is 8. The number of nitrogens with zero attached hydrogens (tertiary/aromatic N) is 6. The van der Waals surface area contributed by atoms with Crippen molar-refractivity contribution in [2.24, 2.45) is 11.8 Å². The summed E-state index contributed by atoms with van der Waals surface area (Å²) in [5.74, 6) is -15.5. The first-order valence-electron chi connectivity index (χ1n) is 39.5. The number of esters is 2. The third kappa shape index (κ3) is 19.6. The van der Waals surface area contributed by atoms with Crippen LogP contribution < -0.4 is 42.5 Å². The van der Waals surface area contributed by atoms with Crippen molar-refractivity contribution in [1.82, 2.24) is 61.3 Å². The molecule has 16 atom stereocenters. The summed E-state index contributed by atoms with van der Waals surface area (Å²) in [6, 6.07) is -2.89. The van der Waals surface area contributed by atoms with Gasteiger partial charge in [-0.25, -0.2) is 36.7 Å². The van der Waals surface area contributed by atoms with E-state index in [1.165, 1.54) is 50.2 Å². The standard InChI is InChI=1S/C81H98F4N14O17/c1-41-15-18-55(19-16-41)88-80(112)92-59(32-49-28-53(84)35-54(85)29-49)69(101)93-67-47(7)116-79(111)64-24-42(2)36-97(64)72(104)45(5)87-71(103)66-40-114-57(38-99(66)76(108)63-14-11-23-96(63)77(67)109)30-50-33-65-78(110)115-39-60(90-68(100)58(31-48-26-51(82)34-52(83)27-48)91-81(113)89-56-20-17-43(3)44(4)25-56)74(106)95-22-10-13-62(95)75(107)94-21-9-8-12-61(94)70(102)86-46(6)73(105)98(65)37-50/h15-20,25-29,34-35,42,45-47,50,57-67H,8-14,21-24,30-33,36-40H2,1-7H3,(H,86,102)(H,87,103)(H,90,100)(H,93,101)(H2,88,92,112)(H2,89,91,113)/t42-,45+,46+,47+,50+,57?,58+,59+,60+,61+,62+,63+,64+,65+,66+,67+/m1/s1. The predicted octanol–water partition coefficient (Wildman–Crippen LogP) is 3.62. The van der Waals surface area contributed by atoms with Crippen molar-refractivity contribution < 1.29 is 98.9 Å². The molecule has 14 amide bonds. The molecule has 622 valence electrons. The molecule has 0 bridgehead atoms. The highest BCUT2D eigenvalue weighted by Gasteiger charge is 2.52.